The number of allylic oxidation sites excluding steroid dienone is 1. The average Bonchev–Trinajstić information content (AvgIpc) is 1.94. The zero-order valence-corrected chi connectivity index (χ0v) is 5.78. The lowest BCUT2D eigenvalue weighted by atomic mass is 10.6. The van der Waals surface area contributed by atoms with Gasteiger partial charge >= 0.3 is 0 Å². The molecule has 0 atom stereocenters. The van der Waals surface area contributed by atoms with Gasteiger partial charge in [0.1, 0.15) is 0 Å². The fourth-order valence-electron chi connectivity index (χ4n) is 0.663. The van der Waals surface area contributed by atoms with E-state index in [0.29, 0.717) is 0 Å². The molecule has 0 fully saturated rings. The Balaban J connectivity index is 3.16. The molecule has 3 heteroatoms. The van der Waals surface area contributed by atoms with E-state index in [1.807, 2.05) is 13.0 Å². The van der Waals surface area contributed by atoms with Crippen molar-refractivity contribution in [1.82, 2.24) is 9.55 Å². The number of rotatable bonds is 1. The van der Waals surface area contributed by atoms with Crippen LogP contribution in [0.25, 0.3) is 6.20 Å². The molecule has 10 heavy (non-hydrogen) atoms. The molecule has 0 bridgehead atoms. The van der Waals surface area contributed by atoms with E-state index >= 15 is 0 Å². The Hall–Kier alpha value is -1.38. The van der Waals surface area contributed by atoms with Crippen LogP contribution >= 0.6 is 0 Å². The Kier molecular flexibility index (Phi) is 1.99. The number of hydrogen-bond acceptors (Lipinski definition) is 2. The van der Waals surface area contributed by atoms with Crippen molar-refractivity contribution in [2.45, 2.75) is 6.92 Å². The largest absolute Gasteiger partial charge is 0.294 e. The van der Waals surface area contributed by atoms with Crippen LogP contribution in [0.15, 0.2) is 24.5 Å². The van der Waals surface area contributed by atoms with Gasteiger partial charge in [-0.15, -0.1) is 0 Å². The van der Waals surface area contributed by atoms with Crippen molar-refractivity contribution in [3.05, 3.63) is 30.2 Å². The predicted molar refractivity (Wildman–Crippen MR) is 39.1 cm³/mol. The normalized spacial score (nSPS) is 10.5. The van der Waals surface area contributed by atoms with Crippen molar-refractivity contribution < 1.29 is 0 Å². The third-order valence-electron chi connectivity index (χ3n) is 1.08. The quantitative estimate of drug-likeness (QED) is 0.609. The highest BCUT2D eigenvalue weighted by atomic mass is 15.0. The third-order valence-corrected chi connectivity index (χ3v) is 1.08. The first kappa shape index (κ1) is 6.74. The summed E-state index contributed by atoms with van der Waals surface area (Å²) >= 11 is 0. The maximum atomic E-state index is 7.27. The van der Waals surface area contributed by atoms with Gasteiger partial charge in [0.2, 0.25) is 5.62 Å². The van der Waals surface area contributed by atoms with Crippen LogP contribution in [0.5, 0.6) is 0 Å². The summed E-state index contributed by atoms with van der Waals surface area (Å²) < 4.78 is 1.64. The van der Waals surface area contributed by atoms with Gasteiger partial charge in [-0.05, 0) is 13.0 Å². The van der Waals surface area contributed by atoms with E-state index in [0.717, 1.165) is 0 Å². The molecule has 1 N–H and O–H groups in total. The Labute approximate surface area is 59.2 Å². The van der Waals surface area contributed by atoms with Crippen molar-refractivity contribution in [3.8, 4) is 0 Å². The molecule has 1 heterocycles. The molecule has 0 radical (unpaired) electrons. The molecule has 1 aromatic rings. The van der Waals surface area contributed by atoms with E-state index in [1.54, 1.807) is 29.2 Å². The number of nitrogens with one attached hydrogen (secondary N) is 1. The molecule has 52 valence electrons. The summed E-state index contributed by atoms with van der Waals surface area (Å²) in [5.74, 6) is 0. The molecular formula is C7H9N3. The second kappa shape index (κ2) is 2.96. The molecule has 0 aliphatic carbocycles. The second-order valence-electron chi connectivity index (χ2n) is 1.83. The first-order chi connectivity index (χ1) is 4.84. The molecular weight excluding hydrogens is 126 g/mol. The van der Waals surface area contributed by atoms with Crippen LogP contribution in [0.1, 0.15) is 6.92 Å². The second-order valence-corrected chi connectivity index (χ2v) is 1.83. The summed E-state index contributed by atoms with van der Waals surface area (Å²) in [4.78, 5) is 3.78. The van der Waals surface area contributed by atoms with Gasteiger partial charge in [-0.1, -0.05) is 6.08 Å². The zero-order valence-electron chi connectivity index (χ0n) is 5.78. The topological polar surface area (TPSA) is 41.7 Å². The van der Waals surface area contributed by atoms with Crippen LogP contribution in [-0.2, 0) is 0 Å². The average molecular weight is 135 g/mol. The van der Waals surface area contributed by atoms with E-state index in [4.69, 9.17) is 5.41 Å². The Morgan fingerprint density at radius 2 is 2.50 bits per heavy atom. The molecule has 0 saturated carbocycles. The summed E-state index contributed by atoms with van der Waals surface area (Å²) in [5.41, 5.74) is 0.251. The van der Waals surface area contributed by atoms with Crippen molar-refractivity contribution in [2.75, 3.05) is 0 Å². The summed E-state index contributed by atoms with van der Waals surface area (Å²) in [6.07, 6.45) is 7.03. The van der Waals surface area contributed by atoms with E-state index < -0.39 is 0 Å². The Morgan fingerprint density at radius 1 is 1.70 bits per heavy atom. The fourth-order valence-corrected chi connectivity index (χ4v) is 0.663. The summed E-state index contributed by atoms with van der Waals surface area (Å²) in [5, 5.41) is 7.27. The lowest BCUT2D eigenvalue weighted by Gasteiger charge is -1.94. The van der Waals surface area contributed by atoms with Crippen molar-refractivity contribution in [3.63, 3.8) is 0 Å². The number of hydrogen-bond donors (Lipinski definition) is 1. The van der Waals surface area contributed by atoms with Gasteiger partial charge in [0.25, 0.3) is 0 Å². The molecule has 1 rings (SSSR count). The van der Waals surface area contributed by atoms with Crippen molar-refractivity contribution in [2.24, 2.45) is 0 Å². The van der Waals surface area contributed by atoms with Crippen molar-refractivity contribution >= 4 is 6.20 Å². The van der Waals surface area contributed by atoms with Gasteiger partial charge < -0.3 is 0 Å². The zero-order chi connectivity index (χ0) is 7.40. The molecule has 0 aliphatic rings. The molecule has 1 aromatic heterocycles. The predicted octanol–water partition coefficient (Wildman–Crippen LogP) is 0.853. The first-order valence-corrected chi connectivity index (χ1v) is 3.05. The molecule has 0 spiro atoms. The van der Waals surface area contributed by atoms with Gasteiger partial charge in [-0.2, -0.15) is 0 Å². The standard InChI is InChI=1S/C7H9N3/c1-2-5-10-6-3-4-9-7(10)8/h2-6,8H,1H3/b5-2-,8-7?. The minimum atomic E-state index is 0.251. The van der Waals surface area contributed by atoms with E-state index in [1.165, 1.54) is 0 Å². The van der Waals surface area contributed by atoms with Crippen LogP contribution in [0.2, 0.25) is 0 Å². The highest BCUT2D eigenvalue weighted by molar-refractivity contribution is 5.18. The highest BCUT2D eigenvalue weighted by Crippen LogP contribution is 1.78. The van der Waals surface area contributed by atoms with Crippen LogP contribution in [0.4, 0.5) is 0 Å². The maximum Gasteiger partial charge on any atom is 0.225 e. The van der Waals surface area contributed by atoms with Gasteiger partial charge in [-0.25, -0.2) is 4.98 Å². The van der Waals surface area contributed by atoms with Crippen LogP contribution in [-0.4, -0.2) is 9.55 Å². The van der Waals surface area contributed by atoms with Crippen molar-refractivity contribution in [1.29, 1.82) is 5.41 Å². The first-order valence-electron chi connectivity index (χ1n) is 3.05. The molecule has 3 nitrogen and oxygen atoms in total. The van der Waals surface area contributed by atoms with Gasteiger partial charge in [0.05, 0.1) is 0 Å². The SMILES string of the molecule is C/C=C\n1cccnc1=N. The summed E-state index contributed by atoms with van der Waals surface area (Å²) in [6.45, 7) is 1.90. The van der Waals surface area contributed by atoms with E-state index in [-0.39, 0.29) is 5.62 Å². The number of nitrogens with zero attached hydrogens (tertiary/aromatic N) is 2. The highest BCUT2D eigenvalue weighted by Gasteiger charge is 1.81. The molecule has 0 saturated heterocycles. The third kappa shape index (κ3) is 1.31. The number of aromatic nitrogens is 2. The minimum absolute atomic E-state index is 0.251. The Bertz CT molecular complexity index is 285. The minimum Gasteiger partial charge on any atom is -0.294 e. The van der Waals surface area contributed by atoms with E-state index in [2.05, 4.69) is 4.98 Å². The maximum absolute atomic E-state index is 7.27. The van der Waals surface area contributed by atoms with Crippen LogP contribution < -0.4 is 5.62 Å². The molecule has 0 unspecified atom stereocenters. The molecule has 0 aromatic carbocycles. The lowest BCUT2D eigenvalue weighted by Crippen LogP contribution is -2.16. The lowest BCUT2D eigenvalue weighted by molar-refractivity contribution is 0.881. The van der Waals surface area contributed by atoms with Crippen LogP contribution in [0, 0.1) is 5.41 Å². The molecule has 0 aliphatic heterocycles. The smallest absolute Gasteiger partial charge is 0.225 e. The molecule has 0 amide bonds. The Morgan fingerprint density at radius 3 is 3.10 bits per heavy atom. The van der Waals surface area contributed by atoms with Gasteiger partial charge in [0.15, 0.2) is 0 Å². The monoisotopic (exact) mass is 135 g/mol. The van der Waals surface area contributed by atoms with Gasteiger partial charge in [-0.3, -0.25) is 9.98 Å². The summed E-state index contributed by atoms with van der Waals surface area (Å²) in [7, 11) is 0. The van der Waals surface area contributed by atoms with Gasteiger partial charge in [0, 0.05) is 18.6 Å². The van der Waals surface area contributed by atoms with Crippen LogP contribution in [0.3, 0.4) is 0 Å². The summed E-state index contributed by atoms with van der Waals surface area (Å²) in [6, 6.07) is 1.79. The van der Waals surface area contributed by atoms with E-state index in [9.17, 15) is 0 Å². The fraction of sp³-hybridized carbons (Fsp3) is 0.143.